The summed E-state index contributed by atoms with van der Waals surface area (Å²) in [7, 11) is 4.84. The van der Waals surface area contributed by atoms with E-state index < -0.39 is 0 Å². The molecule has 1 aromatic rings. The van der Waals surface area contributed by atoms with Gasteiger partial charge in [-0.1, -0.05) is 6.92 Å². The second-order valence-electron chi connectivity index (χ2n) is 3.94. The van der Waals surface area contributed by atoms with Crippen LogP contribution in [0.1, 0.15) is 24.8 Å². The molecule has 1 aromatic carbocycles. The molecule has 1 atom stereocenters. The molecule has 2 N–H and O–H groups in total. The first kappa shape index (κ1) is 13.6. The first-order valence-electron chi connectivity index (χ1n) is 5.67. The van der Waals surface area contributed by atoms with E-state index in [4.69, 9.17) is 19.9 Å². The molecule has 0 radical (unpaired) electrons. The molecule has 0 spiro atoms. The number of nitrogens with two attached hydrogens (primary N) is 1. The van der Waals surface area contributed by atoms with Gasteiger partial charge in [0.25, 0.3) is 0 Å². The summed E-state index contributed by atoms with van der Waals surface area (Å²) in [5.74, 6) is 2.36. The van der Waals surface area contributed by atoms with E-state index in [1.807, 2.05) is 12.1 Å². The lowest BCUT2D eigenvalue weighted by Crippen LogP contribution is -2.05. The summed E-state index contributed by atoms with van der Waals surface area (Å²) in [4.78, 5) is 0. The fourth-order valence-corrected chi connectivity index (χ4v) is 1.80. The zero-order valence-electron chi connectivity index (χ0n) is 10.9. The largest absolute Gasteiger partial charge is 0.493 e. The van der Waals surface area contributed by atoms with Gasteiger partial charge in [0.1, 0.15) is 0 Å². The minimum absolute atomic E-state index is 0.369. The summed E-state index contributed by atoms with van der Waals surface area (Å²) in [6.45, 7) is 2.80. The van der Waals surface area contributed by atoms with Crippen molar-refractivity contribution in [1.29, 1.82) is 0 Å². The van der Waals surface area contributed by atoms with Gasteiger partial charge in [0.15, 0.2) is 11.5 Å². The van der Waals surface area contributed by atoms with Gasteiger partial charge < -0.3 is 19.9 Å². The van der Waals surface area contributed by atoms with E-state index in [-0.39, 0.29) is 0 Å². The molecule has 0 aliphatic carbocycles. The van der Waals surface area contributed by atoms with Gasteiger partial charge >= 0.3 is 0 Å². The standard InChI is InChI=1S/C13H21NO3/c1-9(5-6-14)10-7-11(15-2)13(17-4)12(8-10)16-3/h7-9H,5-6,14H2,1-4H3/t9-/m0/s1. The monoisotopic (exact) mass is 239 g/mol. The van der Waals surface area contributed by atoms with Crippen molar-refractivity contribution in [3.8, 4) is 17.2 Å². The summed E-state index contributed by atoms with van der Waals surface area (Å²) in [5.41, 5.74) is 6.72. The van der Waals surface area contributed by atoms with Crippen LogP contribution in [-0.4, -0.2) is 27.9 Å². The van der Waals surface area contributed by atoms with Crippen LogP contribution in [0.5, 0.6) is 17.2 Å². The number of rotatable bonds is 6. The van der Waals surface area contributed by atoms with E-state index in [9.17, 15) is 0 Å². The highest BCUT2D eigenvalue weighted by Crippen LogP contribution is 2.40. The van der Waals surface area contributed by atoms with Gasteiger partial charge in [0.05, 0.1) is 21.3 Å². The number of benzene rings is 1. The minimum atomic E-state index is 0.369. The molecule has 0 bridgehead atoms. The number of hydrogen-bond acceptors (Lipinski definition) is 4. The van der Waals surface area contributed by atoms with Crippen molar-refractivity contribution in [2.24, 2.45) is 5.73 Å². The van der Waals surface area contributed by atoms with Gasteiger partial charge in [-0.15, -0.1) is 0 Å². The normalized spacial score (nSPS) is 12.1. The SMILES string of the molecule is COc1cc([C@@H](C)CCN)cc(OC)c1OC. The average Bonchev–Trinajstić information content (AvgIpc) is 2.37. The molecule has 4 heteroatoms. The third-order valence-electron chi connectivity index (χ3n) is 2.86. The second-order valence-corrected chi connectivity index (χ2v) is 3.94. The van der Waals surface area contributed by atoms with Crippen molar-refractivity contribution in [3.05, 3.63) is 17.7 Å². The molecular formula is C13H21NO3. The molecule has 4 nitrogen and oxygen atoms in total. The van der Waals surface area contributed by atoms with Crippen molar-refractivity contribution >= 4 is 0 Å². The third-order valence-corrected chi connectivity index (χ3v) is 2.86. The fraction of sp³-hybridized carbons (Fsp3) is 0.538. The number of ether oxygens (including phenoxy) is 3. The van der Waals surface area contributed by atoms with E-state index in [1.54, 1.807) is 21.3 Å². The summed E-state index contributed by atoms with van der Waals surface area (Å²) in [6.07, 6.45) is 0.929. The van der Waals surface area contributed by atoms with E-state index >= 15 is 0 Å². The van der Waals surface area contributed by atoms with Crippen LogP contribution in [0, 0.1) is 0 Å². The predicted octanol–water partition coefficient (Wildman–Crippen LogP) is 2.16. The maximum Gasteiger partial charge on any atom is 0.203 e. The maximum absolute atomic E-state index is 5.58. The molecule has 0 fully saturated rings. The van der Waals surface area contributed by atoms with Gasteiger partial charge in [-0.25, -0.2) is 0 Å². The Labute approximate surface area is 103 Å². The summed E-state index contributed by atoms with van der Waals surface area (Å²) in [5, 5.41) is 0. The predicted molar refractivity (Wildman–Crippen MR) is 68.2 cm³/mol. The smallest absolute Gasteiger partial charge is 0.203 e. The third kappa shape index (κ3) is 3.03. The van der Waals surface area contributed by atoms with Crippen LogP contribution in [0.4, 0.5) is 0 Å². The summed E-state index contributed by atoms with van der Waals surface area (Å²) >= 11 is 0. The van der Waals surface area contributed by atoms with Gasteiger partial charge in [0.2, 0.25) is 5.75 Å². The van der Waals surface area contributed by atoms with E-state index in [0.29, 0.717) is 29.7 Å². The van der Waals surface area contributed by atoms with Crippen LogP contribution in [-0.2, 0) is 0 Å². The molecule has 0 aliphatic rings. The Kier molecular flexibility index (Phi) is 5.10. The molecule has 0 aliphatic heterocycles. The van der Waals surface area contributed by atoms with Crippen LogP contribution in [0.3, 0.4) is 0 Å². The average molecular weight is 239 g/mol. The minimum Gasteiger partial charge on any atom is -0.493 e. The van der Waals surface area contributed by atoms with E-state index in [2.05, 4.69) is 6.92 Å². The van der Waals surface area contributed by atoms with Crippen LogP contribution >= 0.6 is 0 Å². The quantitative estimate of drug-likeness (QED) is 0.826. The Morgan fingerprint density at radius 2 is 1.59 bits per heavy atom. The van der Waals surface area contributed by atoms with Gasteiger partial charge in [-0.2, -0.15) is 0 Å². The fourth-order valence-electron chi connectivity index (χ4n) is 1.80. The van der Waals surface area contributed by atoms with E-state index in [1.165, 1.54) is 0 Å². The van der Waals surface area contributed by atoms with Gasteiger partial charge in [-0.05, 0) is 36.6 Å². The lowest BCUT2D eigenvalue weighted by molar-refractivity contribution is 0.323. The molecule has 1 rings (SSSR count). The zero-order chi connectivity index (χ0) is 12.8. The molecule has 0 saturated heterocycles. The first-order chi connectivity index (χ1) is 8.17. The highest BCUT2D eigenvalue weighted by molar-refractivity contribution is 5.54. The number of hydrogen-bond donors (Lipinski definition) is 1. The van der Waals surface area contributed by atoms with Crippen molar-refractivity contribution in [2.45, 2.75) is 19.3 Å². The molecule has 17 heavy (non-hydrogen) atoms. The van der Waals surface area contributed by atoms with Crippen molar-refractivity contribution < 1.29 is 14.2 Å². The van der Waals surface area contributed by atoms with Crippen LogP contribution < -0.4 is 19.9 Å². The van der Waals surface area contributed by atoms with Crippen LogP contribution in [0.2, 0.25) is 0 Å². The zero-order valence-corrected chi connectivity index (χ0v) is 10.9. The van der Waals surface area contributed by atoms with Crippen molar-refractivity contribution in [2.75, 3.05) is 27.9 Å². The first-order valence-corrected chi connectivity index (χ1v) is 5.67. The molecule has 0 heterocycles. The molecule has 0 amide bonds. The Morgan fingerprint density at radius 1 is 1.06 bits per heavy atom. The Bertz CT molecular complexity index is 341. The lowest BCUT2D eigenvalue weighted by atomic mass is 9.97. The summed E-state index contributed by atoms with van der Waals surface area (Å²) < 4.78 is 15.9. The highest BCUT2D eigenvalue weighted by Gasteiger charge is 2.15. The van der Waals surface area contributed by atoms with Crippen molar-refractivity contribution in [1.82, 2.24) is 0 Å². The van der Waals surface area contributed by atoms with Crippen molar-refractivity contribution in [3.63, 3.8) is 0 Å². The lowest BCUT2D eigenvalue weighted by Gasteiger charge is -2.17. The maximum atomic E-state index is 5.58. The molecule has 96 valence electrons. The summed E-state index contributed by atoms with van der Waals surface area (Å²) in [6, 6.07) is 3.95. The van der Waals surface area contributed by atoms with Crippen LogP contribution in [0.15, 0.2) is 12.1 Å². The Hall–Kier alpha value is -1.42. The van der Waals surface area contributed by atoms with Gasteiger partial charge in [-0.3, -0.25) is 0 Å². The highest BCUT2D eigenvalue weighted by atomic mass is 16.5. The Morgan fingerprint density at radius 3 is 1.94 bits per heavy atom. The molecule has 0 saturated carbocycles. The molecule has 0 unspecified atom stereocenters. The molecular weight excluding hydrogens is 218 g/mol. The molecule has 0 aromatic heterocycles. The van der Waals surface area contributed by atoms with Crippen LogP contribution in [0.25, 0.3) is 0 Å². The Balaban J connectivity index is 3.17. The second kappa shape index (κ2) is 6.35. The topological polar surface area (TPSA) is 53.7 Å². The van der Waals surface area contributed by atoms with E-state index in [0.717, 1.165) is 12.0 Å². The van der Waals surface area contributed by atoms with Gasteiger partial charge in [0, 0.05) is 0 Å². The number of methoxy groups -OCH3 is 3.